The number of hydrogen-bond donors (Lipinski definition) is 0. The van der Waals surface area contributed by atoms with Crippen LogP contribution >= 0.6 is 0 Å². The molecular formula is C23H20KN3O3. The molecule has 1 aromatic carbocycles. The van der Waals surface area contributed by atoms with Crippen LogP contribution in [0.4, 0.5) is 0 Å². The molecule has 146 valence electrons. The van der Waals surface area contributed by atoms with Crippen LogP contribution in [-0.2, 0) is 9.53 Å². The van der Waals surface area contributed by atoms with Gasteiger partial charge in [0.2, 0.25) is 0 Å². The maximum absolute atomic E-state index is 10.6. The largest absolute Gasteiger partial charge is 1.00 e. The predicted molar refractivity (Wildman–Crippen MR) is 106 cm³/mol. The van der Waals surface area contributed by atoms with E-state index in [4.69, 9.17) is 9.72 Å². The van der Waals surface area contributed by atoms with Crippen molar-refractivity contribution in [3.05, 3.63) is 59.9 Å². The zero-order valence-corrected chi connectivity index (χ0v) is 20.0. The van der Waals surface area contributed by atoms with E-state index in [0.717, 1.165) is 53.5 Å². The van der Waals surface area contributed by atoms with Crippen LogP contribution < -0.4 is 56.5 Å². The summed E-state index contributed by atoms with van der Waals surface area (Å²) in [6.07, 6.45) is 5.07. The number of aromatic nitrogens is 2. The average molecular weight is 426 g/mol. The van der Waals surface area contributed by atoms with E-state index in [1.54, 1.807) is 12.3 Å². The molecule has 0 N–H and O–H groups in total. The van der Waals surface area contributed by atoms with Gasteiger partial charge in [-0.25, -0.2) is 0 Å². The molecule has 3 aromatic rings. The molecule has 4 rings (SSSR count). The van der Waals surface area contributed by atoms with Gasteiger partial charge in [-0.1, -0.05) is 18.2 Å². The Morgan fingerprint density at radius 1 is 1.17 bits per heavy atom. The number of carboxylic acids is 1. The number of rotatable bonds is 5. The third-order valence-corrected chi connectivity index (χ3v) is 5.40. The number of fused-ring (bicyclic) bond motifs is 1. The Hall–Kier alpha value is -1.66. The predicted octanol–water partition coefficient (Wildman–Crippen LogP) is -0.0348. The molecule has 0 amide bonds. The Kier molecular flexibility index (Phi) is 8.11. The molecule has 1 aliphatic carbocycles. The monoisotopic (exact) mass is 425 g/mol. The summed E-state index contributed by atoms with van der Waals surface area (Å²) in [5.41, 5.74) is 4.06. The molecule has 0 radical (unpaired) electrons. The second-order valence-electron chi connectivity index (χ2n) is 7.32. The molecule has 1 saturated carbocycles. The van der Waals surface area contributed by atoms with Crippen molar-refractivity contribution in [1.29, 1.82) is 5.26 Å². The maximum Gasteiger partial charge on any atom is 1.00 e. The average Bonchev–Trinajstić information content (AvgIpc) is 2.77. The Bertz CT molecular complexity index is 1090. The van der Waals surface area contributed by atoms with E-state index < -0.39 is 5.97 Å². The van der Waals surface area contributed by atoms with Crippen molar-refractivity contribution < 1.29 is 66.0 Å². The van der Waals surface area contributed by atoms with Crippen LogP contribution in [-0.4, -0.2) is 28.6 Å². The van der Waals surface area contributed by atoms with Crippen molar-refractivity contribution >= 4 is 16.9 Å². The number of ether oxygens (including phenoxy) is 1. The van der Waals surface area contributed by atoms with Gasteiger partial charge in [0.05, 0.1) is 41.5 Å². The molecule has 30 heavy (non-hydrogen) atoms. The summed E-state index contributed by atoms with van der Waals surface area (Å²) in [7, 11) is 0. The topological polar surface area (TPSA) is 98.9 Å². The van der Waals surface area contributed by atoms with Crippen LogP contribution in [0.5, 0.6) is 0 Å². The van der Waals surface area contributed by atoms with Gasteiger partial charge in [-0.15, -0.1) is 0 Å². The minimum atomic E-state index is -1.18. The Labute approximate surface area is 217 Å². The smallest absolute Gasteiger partial charge is 0.548 e. The molecule has 1 fully saturated rings. The van der Waals surface area contributed by atoms with Crippen LogP contribution in [0.1, 0.15) is 42.9 Å². The van der Waals surface area contributed by atoms with Gasteiger partial charge in [0.1, 0.15) is 0 Å². The molecular weight excluding hydrogens is 405 g/mol. The first kappa shape index (κ1) is 23.0. The number of hydrogen-bond acceptors (Lipinski definition) is 6. The fourth-order valence-corrected chi connectivity index (χ4v) is 3.96. The Balaban J connectivity index is 0.00000256. The van der Waals surface area contributed by atoms with Crippen molar-refractivity contribution in [3.8, 4) is 17.3 Å². The number of carbonyl (C=O) groups is 1. The second kappa shape index (κ2) is 10.6. The van der Waals surface area contributed by atoms with E-state index in [0.29, 0.717) is 5.56 Å². The zero-order valence-electron chi connectivity index (χ0n) is 16.9. The van der Waals surface area contributed by atoms with Gasteiger partial charge in [-0.2, -0.15) is 5.26 Å². The van der Waals surface area contributed by atoms with Crippen LogP contribution in [0.3, 0.4) is 0 Å². The summed E-state index contributed by atoms with van der Waals surface area (Å²) < 4.78 is 5.39. The quantitative estimate of drug-likeness (QED) is 0.532. The molecule has 1 aliphatic rings. The Morgan fingerprint density at radius 2 is 1.97 bits per heavy atom. The van der Waals surface area contributed by atoms with Gasteiger partial charge >= 0.3 is 51.4 Å². The molecule has 7 heteroatoms. The van der Waals surface area contributed by atoms with Crippen molar-refractivity contribution in [2.45, 2.75) is 37.7 Å². The second-order valence-corrected chi connectivity index (χ2v) is 7.32. The van der Waals surface area contributed by atoms with Gasteiger partial charge < -0.3 is 14.6 Å². The molecule has 0 aliphatic heterocycles. The number of aliphatic carboxylic acids is 1. The number of pyridine rings is 2. The van der Waals surface area contributed by atoms with E-state index in [2.05, 4.69) is 17.1 Å². The van der Waals surface area contributed by atoms with Crippen LogP contribution in [0.2, 0.25) is 0 Å². The summed E-state index contributed by atoms with van der Waals surface area (Å²) in [6, 6.07) is 15.6. The Morgan fingerprint density at radius 3 is 2.70 bits per heavy atom. The van der Waals surface area contributed by atoms with E-state index in [-0.39, 0.29) is 70.0 Å². The number of nitrogens with zero attached hydrogens (tertiary/aromatic N) is 3. The first-order chi connectivity index (χ1) is 14.1. The summed E-state index contributed by atoms with van der Waals surface area (Å²) in [4.78, 5) is 20.1. The summed E-state index contributed by atoms with van der Waals surface area (Å²) in [6.45, 7) is -0.353. The van der Waals surface area contributed by atoms with Gasteiger partial charge in [-0.05, 0) is 49.9 Å². The van der Waals surface area contributed by atoms with Crippen molar-refractivity contribution in [2.75, 3.05) is 6.61 Å². The summed E-state index contributed by atoms with van der Waals surface area (Å²) in [5.74, 6) is -0.902. The van der Waals surface area contributed by atoms with Crippen LogP contribution in [0, 0.1) is 11.3 Å². The normalized spacial score (nSPS) is 18.4. The van der Waals surface area contributed by atoms with E-state index in [9.17, 15) is 15.2 Å². The zero-order chi connectivity index (χ0) is 20.2. The van der Waals surface area contributed by atoms with Gasteiger partial charge in [0.25, 0.3) is 0 Å². The van der Waals surface area contributed by atoms with E-state index >= 15 is 0 Å². The van der Waals surface area contributed by atoms with Crippen molar-refractivity contribution in [2.24, 2.45) is 0 Å². The van der Waals surface area contributed by atoms with Crippen molar-refractivity contribution in [1.82, 2.24) is 9.97 Å². The third kappa shape index (κ3) is 5.33. The standard InChI is InChI=1S/C23H21N3O3.K/c24-13-15-3-1-4-17(11-15)23-22-18(5-2-10-25-22)12-20(26-23)16-6-8-19(9-7-16)29-14-21(27)28;/h1-5,10-12,16,19H,6-9,14H2,(H,27,28);/q;+1/p-1. The fourth-order valence-electron chi connectivity index (χ4n) is 3.96. The first-order valence-corrected chi connectivity index (χ1v) is 9.71. The van der Waals surface area contributed by atoms with Crippen molar-refractivity contribution in [3.63, 3.8) is 0 Å². The number of nitriles is 1. The van der Waals surface area contributed by atoms with E-state index in [1.165, 1.54) is 0 Å². The molecule has 0 bridgehead atoms. The van der Waals surface area contributed by atoms with Crippen LogP contribution in [0.15, 0.2) is 48.7 Å². The number of carbonyl (C=O) groups excluding carboxylic acids is 1. The summed E-state index contributed by atoms with van der Waals surface area (Å²) in [5, 5.41) is 20.9. The summed E-state index contributed by atoms with van der Waals surface area (Å²) >= 11 is 0. The fraction of sp³-hybridized carbons (Fsp3) is 0.304. The molecule has 0 saturated heterocycles. The SMILES string of the molecule is N#Cc1cccc(-c2nc(C3CCC(OCC(=O)[O-])CC3)cc3cccnc23)c1.[K+]. The van der Waals surface area contributed by atoms with Gasteiger partial charge in [-0.3, -0.25) is 9.97 Å². The molecule has 2 heterocycles. The van der Waals surface area contributed by atoms with Crippen LogP contribution in [0.25, 0.3) is 22.2 Å². The molecule has 6 nitrogen and oxygen atoms in total. The molecule has 2 aromatic heterocycles. The number of benzene rings is 1. The maximum atomic E-state index is 10.6. The minimum absolute atomic E-state index is 0. The minimum Gasteiger partial charge on any atom is -0.548 e. The third-order valence-electron chi connectivity index (χ3n) is 5.40. The van der Waals surface area contributed by atoms with E-state index in [1.807, 2.05) is 30.3 Å². The molecule has 0 unspecified atom stereocenters. The first-order valence-electron chi connectivity index (χ1n) is 9.71. The number of carboxylic acid groups (broad SMARTS) is 1. The van der Waals surface area contributed by atoms with Gasteiger partial charge in [0.15, 0.2) is 0 Å². The van der Waals surface area contributed by atoms with Gasteiger partial charge in [0, 0.05) is 28.8 Å². The molecule has 0 spiro atoms. The molecule has 0 atom stereocenters.